The minimum Gasteiger partial charge on any atom is -0.381 e. The maximum Gasteiger partial charge on any atom is 0.150 e. The highest BCUT2D eigenvalue weighted by Crippen LogP contribution is 2.25. The van der Waals surface area contributed by atoms with Crippen LogP contribution in [0, 0.1) is 0 Å². The number of anilines is 1. The van der Waals surface area contributed by atoms with Crippen molar-refractivity contribution in [3.05, 3.63) is 17.8 Å². The third-order valence-electron chi connectivity index (χ3n) is 3.40. The van der Waals surface area contributed by atoms with Crippen LogP contribution >= 0.6 is 0 Å². The van der Waals surface area contributed by atoms with Crippen LogP contribution < -0.4 is 10.6 Å². The Morgan fingerprint density at radius 2 is 2.11 bits per heavy atom. The average molecular weight is 250 g/mol. The van der Waals surface area contributed by atoms with E-state index in [1.54, 1.807) is 0 Å². The van der Waals surface area contributed by atoms with Crippen LogP contribution in [-0.4, -0.2) is 43.5 Å². The Balaban J connectivity index is 1.95. The normalized spacial score (nSPS) is 16.8. The van der Waals surface area contributed by atoms with E-state index in [0.717, 1.165) is 50.5 Å². The molecule has 18 heavy (non-hydrogen) atoms. The molecule has 0 bridgehead atoms. The van der Waals surface area contributed by atoms with Crippen LogP contribution in [0.5, 0.6) is 0 Å². The molecule has 0 aliphatic carbocycles. The summed E-state index contributed by atoms with van der Waals surface area (Å²) in [6.45, 7) is 3.30. The molecular weight excluding hydrogens is 228 g/mol. The molecule has 1 aliphatic rings. The van der Waals surface area contributed by atoms with Crippen LogP contribution in [0.2, 0.25) is 0 Å². The van der Waals surface area contributed by atoms with Crippen LogP contribution in [0.3, 0.4) is 0 Å². The summed E-state index contributed by atoms with van der Waals surface area (Å²) in [6, 6.07) is 4.14. The average Bonchev–Trinajstić information content (AvgIpc) is 2.46. The minimum atomic E-state index is 0.509. The first kappa shape index (κ1) is 13.2. The maximum absolute atomic E-state index is 5.50. The van der Waals surface area contributed by atoms with Gasteiger partial charge in [-0.2, -0.15) is 5.10 Å². The van der Waals surface area contributed by atoms with Crippen molar-refractivity contribution in [3.8, 4) is 0 Å². The van der Waals surface area contributed by atoms with Gasteiger partial charge in [0, 0.05) is 32.7 Å². The lowest BCUT2D eigenvalue weighted by Crippen LogP contribution is -2.23. The highest BCUT2D eigenvalue weighted by atomic mass is 16.5. The lowest BCUT2D eigenvalue weighted by molar-refractivity contribution is 0.0843. The number of nitrogens with two attached hydrogens (primary N) is 1. The molecule has 2 rings (SSSR count). The molecule has 0 spiro atoms. The predicted molar refractivity (Wildman–Crippen MR) is 71.8 cm³/mol. The Morgan fingerprint density at radius 3 is 2.72 bits per heavy atom. The molecule has 2 N–H and O–H groups in total. The summed E-state index contributed by atoms with van der Waals surface area (Å²) >= 11 is 0. The Labute approximate surface area is 108 Å². The van der Waals surface area contributed by atoms with E-state index < -0.39 is 0 Å². The first-order valence-electron chi connectivity index (χ1n) is 6.64. The highest BCUT2D eigenvalue weighted by Gasteiger charge is 2.17. The van der Waals surface area contributed by atoms with E-state index in [1.807, 2.05) is 13.1 Å². The molecule has 5 nitrogen and oxygen atoms in total. The van der Waals surface area contributed by atoms with Crippen LogP contribution in [0.25, 0.3) is 0 Å². The fourth-order valence-electron chi connectivity index (χ4n) is 2.19. The van der Waals surface area contributed by atoms with E-state index in [9.17, 15) is 0 Å². The van der Waals surface area contributed by atoms with Gasteiger partial charge in [0.2, 0.25) is 0 Å². The summed E-state index contributed by atoms with van der Waals surface area (Å²) in [6.07, 6.45) is 3.08. The summed E-state index contributed by atoms with van der Waals surface area (Å²) in [5, 5.41) is 8.65. The van der Waals surface area contributed by atoms with Gasteiger partial charge in [-0.25, -0.2) is 0 Å². The van der Waals surface area contributed by atoms with Gasteiger partial charge in [0.05, 0.1) is 5.69 Å². The number of hydrogen-bond donors (Lipinski definition) is 1. The lowest BCUT2D eigenvalue weighted by atomic mass is 9.96. The van der Waals surface area contributed by atoms with Crippen LogP contribution in [0.1, 0.15) is 30.9 Å². The molecule has 5 heteroatoms. The van der Waals surface area contributed by atoms with Gasteiger partial charge < -0.3 is 15.4 Å². The van der Waals surface area contributed by atoms with Crippen molar-refractivity contribution in [3.63, 3.8) is 0 Å². The quantitative estimate of drug-likeness (QED) is 0.849. The molecular formula is C13H22N4O. The zero-order chi connectivity index (χ0) is 12.8. The van der Waals surface area contributed by atoms with Crippen molar-refractivity contribution in [2.75, 3.05) is 38.3 Å². The second kappa shape index (κ2) is 6.66. The van der Waals surface area contributed by atoms with Crippen molar-refractivity contribution in [1.82, 2.24) is 10.2 Å². The summed E-state index contributed by atoms with van der Waals surface area (Å²) in [4.78, 5) is 2.09. The molecule has 0 radical (unpaired) electrons. The van der Waals surface area contributed by atoms with Crippen molar-refractivity contribution in [2.24, 2.45) is 5.73 Å². The van der Waals surface area contributed by atoms with Gasteiger partial charge in [-0.15, -0.1) is 5.10 Å². The Morgan fingerprint density at radius 1 is 1.33 bits per heavy atom. The number of ether oxygens (including phenoxy) is 1. The summed E-state index contributed by atoms with van der Waals surface area (Å²) in [5.74, 6) is 1.42. The molecule has 0 atom stereocenters. The van der Waals surface area contributed by atoms with E-state index in [0.29, 0.717) is 12.5 Å². The standard InChI is InChI=1S/C13H22N4O/c1-17(8-2-7-14)13-4-3-12(15-16-13)11-5-9-18-10-6-11/h3-4,11H,2,5-10,14H2,1H3. The molecule has 0 amide bonds. The molecule has 1 aliphatic heterocycles. The third kappa shape index (κ3) is 3.40. The van der Waals surface area contributed by atoms with Crippen LogP contribution in [-0.2, 0) is 4.74 Å². The van der Waals surface area contributed by atoms with E-state index in [-0.39, 0.29) is 0 Å². The monoisotopic (exact) mass is 250 g/mol. The molecule has 100 valence electrons. The van der Waals surface area contributed by atoms with Crippen molar-refractivity contribution in [2.45, 2.75) is 25.2 Å². The molecule has 2 heterocycles. The number of aromatic nitrogens is 2. The summed E-state index contributed by atoms with van der Waals surface area (Å²) < 4.78 is 5.36. The van der Waals surface area contributed by atoms with Crippen molar-refractivity contribution >= 4 is 5.82 Å². The van der Waals surface area contributed by atoms with Gasteiger partial charge in [-0.05, 0) is 37.9 Å². The summed E-state index contributed by atoms with van der Waals surface area (Å²) in [7, 11) is 2.02. The first-order chi connectivity index (χ1) is 8.81. The van der Waals surface area contributed by atoms with E-state index in [1.165, 1.54) is 0 Å². The van der Waals surface area contributed by atoms with Gasteiger partial charge in [-0.1, -0.05) is 0 Å². The Hall–Kier alpha value is -1.20. The fourth-order valence-corrected chi connectivity index (χ4v) is 2.19. The van der Waals surface area contributed by atoms with Gasteiger partial charge in [0.25, 0.3) is 0 Å². The fraction of sp³-hybridized carbons (Fsp3) is 0.692. The van der Waals surface area contributed by atoms with E-state index in [4.69, 9.17) is 10.5 Å². The topological polar surface area (TPSA) is 64.3 Å². The number of hydrogen-bond acceptors (Lipinski definition) is 5. The van der Waals surface area contributed by atoms with E-state index >= 15 is 0 Å². The zero-order valence-electron chi connectivity index (χ0n) is 11.0. The minimum absolute atomic E-state index is 0.509. The molecule has 0 unspecified atom stereocenters. The number of rotatable bonds is 5. The largest absolute Gasteiger partial charge is 0.381 e. The summed E-state index contributed by atoms with van der Waals surface area (Å²) in [5.41, 5.74) is 6.59. The third-order valence-corrected chi connectivity index (χ3v) is 3.40. The van der Waals surface area contributed by atoms with Gasteiger partial charge in [0.1, 0.15) is 0 Å². The van der Waals surface area contributed by atoms with Crippen LogP contribution in [0.4, 0.5) is 5.82 Å². The predicted octanol–water partition coefficient (Wildman–Crippen LogP) is 1.16. The maximum atomic E-state index is 5.50. The second-order valence-electron chi connectivity index (χ2n) is 4.77. The van der Waals surface area contributed by atoms with Crippen molar-refractivity contribution < 1.29 is 4.74 Å². The molecule has 1 saturated heterocycles. The first-order valence-corrected chi connectivity index (χ1v) is 6.64. The Bertz CT molecular complexity index is 349. The second-order valence-corrected chi connectivity index (χ2v) is 4.77. The van der Waals surface area contributed by atoms with E-state index in [2.05, 4.69) is 21.2 Å². The van der Waals surface area contributed by atoms with Gasteiger partial charge in [0.15, 0.2) is 5.82 Å². The molecule has 0 aromatic carbocycles. The zero-order valence-corrected chi connectivity index (χ0v) is 11.0. The van der Waals surface area contributed by atoms with Crippen LogP contribution in [0.15, 0.2) is 12.1 Å². The molecule has 1 fully saturated rings. The van der Waals surface area contributed by atoms with Gasteiger partial charge in [-0.3, -0.25) is 0 Å². The Kier molecular flexibility index (Phi) is 4.90. The highest BCUT2D eigenvalue weighted by molar-refractivity contribution is 5.36. The number of nitrogens with zero attached hydrogens (tertiary/aromatic N) is 3. The van der Waals surface area contributed by atoms with Crippen molar-refractivity contribution in [1.29, 1.82) is 0 Å². The molecule has 1 aromatic rings. The molecule has 1 aromatic heterocycles. The lowest BCUT2D eigenvalue weighted by Gasteiger charge is -2.22. The smallest absolute Gasteiger partial charge is 0.150 e. The molecule has 0 saturated carbocycles. The SMILES string of the molecule is CN(CCCN)c1ccc(C2CCOCC2)nn1. The van der Waals surface area contributed by atoms with Gasteiger partial charge >= 0.3 is 0 Å².